The minimum Gasteiger partial charge on any atom is -0.462 e. The molecule has 0 aliphatic carbocycles. The van der Waals surface area contributed by atoms with Crippen molar-refractivity contribution < 1.29 is 19.1 Å². The van der Waals surface area contributed by atoms with Gasteiger partial charge in [0.15, 0.2) is 0 Å². The lowest BCUT2D eigenvalue weighted by Crippen LogP contribution is -2.39. The highest BCUT2D eigenvalue weighted by atomic mass is 16.5. The van der Waals surface area contributed by atoms with E-state index in [1.54, 1.807) is 36.9 Å². The number of carbonyl (C=O) groups excluding carboxylic acids is 3. The third-order valence-corrected chi connectivity index (χ3v) is 5.76. The molecule has 0 radical (unpaired) electrons. The maximum atomic E-state index is 12.8. The molecule has 186 valence electrons. The molecule has 0 fully saturated rings. The molecule has 4 N–H and O–H groups in total. The van der Waals surface area contributed by atoms with Crippen molar-refractivity contribution in [1.29, 1.82) is 0 Å². The van der Waals surface area contributed by atoms with Crippen LogP contribution in [0.5, 0.6) is 0 Å². The van der Waals surface area contributed by atoms with Crippen molar-refractivity contribution in [3.63, 3.8) is 0 Å². The summed E-state index contributed by atoms with van der Waals surface area (Å²) < 4.78 is 5.06. The van der Waals surface area contributed by atoms with Gasteiger partial charge >= 0.3 is 5.97 Å². The zero-order valence-corrected chi connectivity index (χ0v) is 21.0. The summed E-state index contributed by atoms with van der Waals surface area (Å²) in [6, 6.07) is 12.6. The summed E-state index contributed by atoms with van der Waals surface area (Å²) >= 11 is 0. The highest BCUT2D eigenvalue weighted by Gasteiger charge is 2.28. The predicted molar refractivity (Wildman–Crippen MR) is 139 cm³/mol. The number of fused-ring (bicyclic) bond motifs is 1. The highest BCUT2D eigenvalue weighted by Crippen LogP contribution is 2.36. The number of ether oxygens (including phenoxy) is 1. The Morgan fingerprint density at radius 3 is 2.37 bits per heavy atom. The molecule has 0 saturated heterocycles. The van der Waals surface area contributed by atoms with E-state index in [0.717, 1.165) is 22.6 Å². The molecule has 35 heavy (non-hydrogen) atoms. The first-order valence-electron chi connectivity index (χ1n) is 11.8. The van der Waals surface area contributed by atoms with Crippen molar-refractivity contribution in [2.75, 3.05) is 28.7 Å². The van der Waals surface area contributed by atoms with Crippen LogP contribution in [-0.4, -0.2) is 36.5 Å². The van der Waals surface area contributed by atoms with E-state index in [1.165, 1.54) is 0 Å². The Balaban J connectivity index is 1.84. The van der Waals surface area contributed by atoms with Gasteiger partial charge in [0, 0.05) is 41.6 Å². The summed E-state index contributed by atoms with van der Waals surface area (Å²) in [5, 5.41) is 6.20. The average Bonchev–Trinajstić information content (AvgIpc) is 3.12. The van der Waals surface area contributed by atoms with Crippen LogP contribution < -0.4 is 21.3 Å². The molecule has 0 bridgehead atoms. The maximum absolute atomic E-state index is 12.8. The smallest absolute Gasteiger partial charge is 0.338 e. The van der Waals surface area contributed by atoms with Crippen LogP contribution in [0.2, 0.25) is 0 Å². The number of hydrogen-bond donors (Lipinski definition) is 3. The molecule has 2 aromatic rings. The number of amides is 2. The zero-order chi connectivity index (χ0) is 25.8. The lowest BCUT2D eigenvalue weighted by Gasteiger charge is -2.26. The number of carbonyl (C=O) groups is 3. The van der Waals surface area contributed by atoms with Gasteiger partial charge in [-0.3, -0.25) is 9.59 Å². The number of rotatable bonds is 9. The van der Waals surface area contributed by atoms with Crippen molar-refractivity contribution in [3.05, 3.63) is 59.3 Å². The van der Waals surface area contributed by atoms with Crippen LogP contribution in [0.15, 0.2) is 48.2 Å². The van der Waals surface area contributed by atoms with Gasteiger partial charge < -0.3 is 26.0 Å². The Labute approximate surface area is 206 Å². The van der Waals surface area contributed by atoms with Gasteiger partial charge in [0.25, 0.3) is 5.91 Å². The highest BCUT2D eigenvalue weighted by molar-refractivity contribution is 6.32. The lowest BCUT2D eigenvalue weighted by molar-refractivity contribution is -0.116. The summed E-state index contributed by atoms with van der Waals surface area (Å²) in [5.74, 6) is -0.701. The molecule has 3 rings (SSSR count). The largest absolute Gasteiger partial charge is 0.462 e. The van der Waals surface area contributed by atoms with E-state index in [0.29, 0.717) is 36.2 Å². The summed E-state index contributed by atoms with van der Waals surface area (Å²) in [4.78, 5) is 38.8. The van der Waals surface area contributed by atoms with Gasteiger partial charge in [0.1, 0.15) is 0 Å². The number of nitrogens with zero attached hydrogens (tertiary/aromatic N) is 1. The van der Waals surface area contributed by atoms with Gasteiger partial charge in [-0.15, -0.1) is 0 Å². The van der Waals surface area contributed by atoms with Gasteiger partial charge in [-0.2, -0.15) is 0 Å². The number of nitrogens with one attached hydrogen (secondary N) is 2. The Kier molecular flexibility index (Phi) is 7.96. The minimum absolute atomic E-state index is 0.0484. The van der Waals surface area contributed by atoms with E-state index in [2.05, 4.69) is 10.6 Å². The Morgan fingerprint density at radius 2 is 1.80 bits per heavy atom. The van der Waals surface area contributed by atoms with Gasteiger partial charge in [-0.1, -0.05) is 13.0 Å². The molecule has 8 heteroatoms. The normalized spacial score (nSPS) is 14.2. The molecule has 0 aromatic heterocycles. The van der Waals surface area contributed by atoms with E-state index in [-0.39, 0.29) is 24.0 Å². The van der Waals surface area contributed by atoms with Crippen molar-refractivity contribution >= 4 is 40.4 Å². The molecule has 0 unspecified atom stereocenters. The monoisotopic (exact) mass is 478 g/mol. The topological polar surface area (TPSA) is 114 Å². The number of nitrogens with two attached hydrogens (primary N) is 1. The second-order valence-electron chi connectivity index (χ2n) is 9.22. The van der Waals surface area contributed by atoms with Crippen LogP contribution in [0, 0.1) is 0 Å². The summed E-state index contributed by atoms with van der Waals surface area (Å²) in [5.41, 5.74) is 10.3. The average molecular weight is 479 g/mol. The molecule has 8 nitrogen and oxygen atoms in total. The SMILES string of the molecule is CCOC(=O)c1ccc2c(c1)NC(=O)C2=C(CC)Nc1ccc(N(CCC(C)(C)N)C(C)=O)cc1. The molecular weight excluding hydrogens is 444 g/mol. The van der Waals surface area contributed by atoms with Crippen molar-refractivity contribution in [2.24, 2.45) is 5.73 Å². The van der Waals surface area contributed by atoms with Gasteiger partial charge in [-0.25, -0.2) is 4.79 Å². The molecule has 1 aliphatic rings. The van der Waals surface area contributed by atoms with Crippen LogP contribution in [0.25, 0.3) is 5.57 Å². The summed E-state index contributed by atoms with van der Waals surface area (Å²) in [6.45, 7) is 9.94. The maximum Gasteiger partial charge on any atom is 0.338 e. The predicted octanol–water partition coefficient (Wildman–Crippen LogP) is 4.53. The van der Waals surface area contributed by atoms with Crippen LogP contribution in [0.3, 0.4) is 0 Å². The molecule has 1 heterocycles. The van der Waals surface area contributed by atoms with E-state index in [9.17, 15) is 14.4 Å². The number of hydrogen-bond acceptors (Lipinski definition) is 6. The fourth-order valence-electron chi connectivity index (χ4n) is 3.91. The number of anilines is 3. The molecule has 2 aromatic carbocycles. The Morgan fingerprint density at radius 1 is 1.11 bits per heavy atom. The molecular formula is C27H34N4O4. The second-order valence-corrected chi connectivity index (χ2v) is 9.22. The summed E-state index contributed by atoms with van der Waals surface area (Å²) in [7, 11) is 0. The number of esters is 1. The zero-order valence-electron chi connectivity index (χ0n) is 21.0. The van der Waals surface area contributed by atoms with Gasteiger partial charge in [0.2, 0.25) is 5.91 Å². The first-order chi connectivity index (χ1) is 16.5. The number of benzene rings is 2. The molecule has 2 amide bonds. The van der Waals surface area contributed by atoms with E-state index < -0.39 is 5.97 Å². The Bertz CT molecular complexity index is 1150. The summed E-state index contributed by atoms with van der Waals surface area (Å²) in [6.07, 6.45) is 1.26. The standard InChI is InChI=1S/C27H34N4O4/c1-6-22(24-21-13-8-18(26(34)35-7-2)16-23(21)30-25(24)33)29-19-9-11-20(12-10-19)31(17(3)32)15-14-27(4,5)28/h8-13,16,29H,6-7,14-15,28H2,1-5H3,(H,30,33). The van der Waals surface area contributed by atoms with Crippen LogP contribution >= 0.6 is 0 Å². The second kappa shape index (κ2) is 10.7. The first-order valence-corrected chi connectivity index (χ1v) is 11.8. The van der Waals surface area contributed by atoms with Crippen LogP contribution in [0.1, 0.15) is 63.4 Å². The van der Waals surface area contributed by atoms with E-state index in [4.69, 9.17) is 10.5 Å². The molecule has 0 atom stereocenters. The third kappa shape index (κ3) is 6.27. The van der Waals surface area contributed by atoms with Gasteiger partial charge in [-0.05, 0) is 70.0 Å². The number of allylic oxidation sites excluding steroid dienone is 1. The van der Waals surface area contributed by atoms with Crippen molar-refractivity contribution in [3.8, 4) is 0 Å². The fourth-order valence-corrected chi connectivity index (χ4v) is 3.91. The van der Waals surface area contributed by atoms with Gasteiger partial charge in [0.05, 0.1) is 23.4 Å². The van der Waals surface area contributed by atoms with Crippen molar-refractivity contribution in [1.82, 2.24) is 0 Å². The molecule has 1 aliphatic heterocycles. The Hall–Kier alpha value is -3.65. The fraction of sp³-hybridized carbons (Fsp3) is 0.370. The molecule has 0 spiro atoms. The lowest BCUT2D eigenvalue weighted by atomic mass is 10.0. The quantitative estimate of drug-likeness (QED) is 0.360. The third-order valence-electron chi connectivity index (χ3n) is 5.76. The van der Waals surface area contributed by atoms with E-state index >= 15 is 0 Å². The minimum atomic E-state index is -0.425. The van der Waals surface area contributed by atoms with Crippen LogP contribution in [0.4, 0.5) is 17.1 Å². The first kappa shape index (κ1) is 26.0. The molecule has 0 saturated carbocycles. The van der Waals surface area contributed by atoms with Crippen molar-refractivity contribution in [2.45, 2.75) is 53.0 Å². The van der Waals surface area contributed by atoms with Crippen LogP contribution in [-0.2, 0) is 14.3 Å². The van der Waals surface area contributed by atoms with E-state index in [1.807, 2.05) is 45.0 Å².